The van der Waals surface area contributed by atoms with E-state index in [0.29, 0.717) is 0 Å². The first-order chi connectivity index (χ1) is 27.3. The van der Waals surface area contributed by atoms with Crippen LogP contribution in [0, 0.1) is 0 Å². The minimum absolute atomic E-state index is 0.0219. The van der Waals surface area contributed by atoms with E-state index in [1.165, 1.54) is 135 Å². The molecule has 0 radical (unpaired) electrons. The van der Waals surface area contributed by atoms with Gasteiger partial charge in [0.2, 0.25) is 0 Å². The molecule has 262 valence electrons. The highest BCUT2D eigenvalue weighted by molar-refractivity contribution is 7.00. The topological polar surface area (TPSA) is 6.48 Å². The number of fused-ring (bicyclic) bond motifs is 16. The van der Waals surface area contributed by atoms with E-state index >= 15 is 0 Å². The molecule has 13 rings (SSSR count). The summed E-state index contributed by atoms with van der Waals surface area (Å²) in [6.07, 6.45) is 9.99. The Hall–Kier alpha value is -5.80. The number of anilines is 6. The van der Waals surface area contributed by atoms with Crippen LogP contribution < -0.4 is 26.2 Å². The molecule has 2 nitrogen and oxygen atoms in total. The molecular weight excluding hydrogens is 663 g/mol. The first-order valence-electron chi connectivity index (χ1n) is 20.7. The van der Waals surface area contributed by atoms with Gasteiger partial charge >= 0.3 is 0 Å². The molecular formula is C52H41BN2. The summed E-state index contributed by atoms with van der Waals surface area (Å²) in [6.45, 7) is 0.0892. The predicted octanol–water partition coefficient (Wildman–Crippen LogP) is 11.5. The summed E-state index contributed by atoms with van der Waals surface area (Å²) in [5, 5.41) is 0. The average Bonchev–Trinajstić information content (AvgIpc) is 4.05. The second-order valence-electron chi connectivity index (χ2n) is 17.0. The first kappa shape index (κ1) is 30.5. The molecule has 2 saturated carbocycles. The van der Waals surface area contributed by atoms with E-state index in [1.807, 2.05) is 0 Å². The zero-order chi connectivity index (χ0) is 35.9. The van der Waals surface area contributed by atoms with E-state index in [4.69, 9.17) is 0 Å². The molecule has 2 fully saturated rings. The van der Waals surface area contributed by atoms with Crippen LogP contribution >= 0.6 is 0 Å². The van der Waals surface area contributed by atoms with E-state index in [1.54, 1.807) is 11.1 Å². The van der Waals surface area contributed by atoms with Gasteiger partial charge in [0, 0.05) is 50.4 Å². The summed E-state index contributed by atoms with van der Waals surface area (Å²) in [5.41, 5.74) is 24.2. The highest BCUT2D eigenvalue weighted by Crippen LogP contribution is 2.64. The van der Waals surface area contributed by atoms with Crippen LogP contribution in [0.4, 0.5) is 34.1 Å². The van der Waals surface area contributed by atoms with Gasteiger partial charge in [0.05, 0.1) is 5.69 Å². The average molecular weight is 705 g/mol. The van der Waals surface area contributed by atoms with Crippen molar-refractivity contribution in [2.75, 3.05) is 9.80 Å². The fourth-order valence-electron chi connectivity index (χ4n) is 12.7. The summed E-state index contributed by atoms with van der Waals surface area (Å²) < 4.78 is 0. The van der Waals surface area contributed by atoms with Crippen molar-refractivity contribution in [3.63, 3.8) is 0 Å². The molecule has 3 heteroatoms. The van der Waals surface area contributed by atoms with Gasteiger partial charge < -0.3 is 9.80 Å². The van der Waals surface area contributed by atoms with E-state index in [2.05, 4.69) is 161 Å². The highest BCUT2D eigenvalue weighted by atomic mass is 15.2. The Kier molecular flexibility index (Phi) is 6.06. The van der Waals surface area contributed by atoms with Crippen LogP contribution in [-0.4, -0.2) is 6.71 Å². The SMILES string of the molecule is c1ccc(N2c3cc4c(c5c3B(c3ccccc3N5c3ccccc3)c3ccc5c(c32)-c2ccccc2C52CCCC2)-c2ccccc2C42CCCC2)cc1. The molecule has 0 atom stereocenters. The van der Waals surface area contributed by atoms with E-state index < -0.39 is 0 Å². The Labute approximate surface area is 324 Å². The van der Waals surface area contributed by atoms with Crippen molar-refractivity contribution in [3.05, 3.63) is 174 Å². The number of rotatable bonds is 2. The number of nitrogens with zero attached hydrogens (tertiary/aromatic N) is 2. The van der Waals surface area contributed by atoms with Gasteiger partial charge in [-0.2, -0.15) is 0 Å². The van der Waals surface area contributed by atoms with Crippen molar-refractivity contribution in [1.29, 1.82) is 0 Å². The lowest BCUT2D eigenvalue weighted by Gasteiger charge is -2.46. The molecule has 0 bridgehead atoms. The number of para-hydroxylation sites is 3. The minimum Gasteiger partial charge on any atom is -0.311 e. The van der Waals surface area contributed by atoms with Crippen LogP contribution in [0.1, 0.15) is 73.6 Å². The van der Waals surface area contributed by atoms with Crippen LogP contribution in [0.15, 0.2) is 152 Å². The van der Waals surface area contributed by atoms with Crippen LogP contribution in [0.5, 0.6) is 0 Å². The van der Waals surface area contributed by atoms with Gasteiger partial charge in [0.15, 0.2) is 0 Å². The lowest BCUT2D eigenvalue weighted by atomic mass is 9.33. The minimum atomic E-state index is 0.0219. The van der Waals surface area contributed by atoms with E-state index in [0.717, 1.165) is 0 Å². The largest absolute Gasteiger partial charge is 0.311 e. The van der Waals surface area contributed by atoms with Crippen molar-refractivity contribution in [1.82, 2.24) is 0 Å². The third-order valence-electron chi connectivity index (χ3n) is 14.7. The number of benzene rings is 7. The number of hydrogen-bond acceptors (Lipinski definition) is 2. The van der Waals surface area contributed by atoms with Crippen molar-refractivity contribution in [2.24, 2.45) is 0 Å². The summed E-state index contributed by atoms with van der Waals surface area (Å²) in [5.74, 6) is 0. The molecule has 6 aliphatic rings. The first-order valence-corrected chi connectivity index (χ1v) is 20.7. The summed E-state index contributed by atoms with van der Waals surface area (Å²) in [6, 6.07) is 58.6. The Balaban J connectivity index is 1.22. The molecule has 0 aromatic heterocycles. The van der Waals surface area contributed by atoms with E-state index in [-0.39, 0.29) is 17.5 Å². The van der Waals surface area contributed by atoms with Crippen LogP contribution in [0.2, 0.25) is 0 Å². The molecule has 2 spiro atoms. The smallest absolute Gasteiger partial charge is 0.252 e. The third-order valence-corrected chi connectivity index (χ3v) is 14.7. The Morgan fingerprint density at radius 3 is 1.55 bits per heavy atom. The molecule has 0 amide bonds. The van der Waals surface area contributed by atoms with Crippen molar-refractivity contribution < 1.29 is 0 Å². The normalized spacial score (nSPS) is 18.1. The standard InChI is InChI=1S/C52H41BN2/c1-3-17-34(18-4-1)54-44-26-12-11-25-42(44)53-43-28-27-40-46(36-21-7-9-23-38(36)51(40)29-13-14-30-51)49(43)55(35-19-5-2-6-20-35)45-33-41-47(50(54)48(45)53)37-22-8-10-24-39(37)52(41)31-15-16-32-52/h1-12,17-28,33H,13-16,29-32H2. The fourth-order valence-corrected chi connectivity index (χ4v) is 12.7. The van der Waals surface area contributed by atoms with Gasteiger partial charge in [-0.25, -0.2) is 0 Å². The second-order valence-corrected chi connectivity index (χ2v) is 17.0. The molecule has 0 saturated heterocycles. The third kappa shape index (κ3) is 3.73. The van der Waals surface area contributed by atoms with Gasteiger partial charge in [0.1, 0.15) is 0 Å². The maximum atomic E-state index is 2.72. The van der Waals surface area contributed by atoms with Gasteiger partial charge in [-0.05, 0) is 112 Å². The lowest BCUT2D eigenvalue weighted by molar-refractivity contribution is 0.550. The molecule has 0 unspecified atom stereocenters. The molecule has 7 aromatic rings. The zero-order valence-electron chi connectivity index (χ0n) is 31.1. The highest BCUT2D eigenvalue weighted by Gasteiger charge is 2.54. The van der Waals surface area contributed by atoms with Crippen LogP contribution in [-0.2, 0) is 10.8 Å². The molecule has 2 heterocycles. The van der Waals surface area contributed by atoms with Gasteiger partial charge in [-0.1, -0.05) is 141 Å². The van der Waals surface area contributed by atoms with Crippen LogP contribution in [0.3, 0.4) is 0 Å². The molecule has 0 N–H and O–H groups in total. The maximum Gasteiger partial charge on any atom is 0.252 e. The molecule has 7 aromatic carbocycles. The van der Waals surface area contributed by atoms with Crippen LogP contribution in [0.25, 0.3) is 22.3 Å². The monoisotopic (exact) mass is 704 g/mol. The summed E-state index contributed by atoms with van der Waals surface area (Å²) >= 11 is 0. The van der Waals surface area contributed by atoms with Crippen molar-refractivity contribution in [2.45, 2.75) is 62.2 Å². The second kappa shape index (κ2) is 10.9. The maximum absolute atomic E-state index is 2.72. The van der Waals surface area contributed by atoms with Gasteiger partial charge in [-0.3, -0.25) is 0 Å². The molecule has 2 aliphatic heterocycles. The fraction of sp³-hybridized carbons (Fsp3) is 0.192. The Morgan fingerprint density at radius 1 is 0.400 bits per heavy atom. The molecule has 55 heavy (non-hydrogen) atoms. The number of hydrogen-bond donors (Lipinski definition) is 0. The lowest BCUT2D eigenvalue weighted by Crippen LogP contribution is -2.61. The summed E-state index contributed by atoms with van der Waals surface area (Å²) in [7, 11) is 0. The van der Waals surface area contributed by atoms with Gasteiger partial charge in [-0.15, -0.1) is 0 Å². The van der Waals surface area contributed by atoms with E-state index in [9.17, 15) is 0 Å². The Morgan fingerprint density at radius 2 is 0.909 bits per heavy atom. The predicted molar refractivity (Wildman–Crippen MR) is 230 cm³/mol. The quantitative estimate of drug-likeness (QED) is 0.165. The Bertz CT molecular complexity index is 2740. The zero-order valence-corrected chi connectivity index (χ0v) is 31.1. The van der Waals surface area contributed by atoms with Crippen molar-refractivity contribution >= 4 is 57.2 Å². The summed E-state index contributed by atoms with van der Waals surface area (Å²) in [4.78, 5) is 5.36. The molecule has 4 aliphatic carbocycles. The van der Waals surface area contributed by atoms with Crippen molar-refractivity contribution in [3.8, 4) is 22.3 Å². The van der Waals surface area contributed by atoms with Gasteiger partial charge in [0.25, 0.3) is 6.71 Å².